The van der Waals surface area contributed by atoms with Crippen LogP contribution in [0.5, 0.6) is 0 Å². The van der Waals surface area contributed by atoms with E-state index in [1.807, 2.05) is 30.3 Å². The first-order valence-electron chi connectivity index (χ1n) is 9.96. The van der Waals surface area contributed by atoms with E-state index in [4.69, 9.17) is 0 Å². The van der Waals surface area contributed by atoms with Gasteiger partial charge in [0.1, 0.15) is 0 Å². The Morgan fingerprint density at radius 3 is 1.79 bits per heavy atom. The summed E-state index contributed by atoms with van der Waals surface area (Å²) in [6.45, 7) is 1.73. The van der Waals surface area contributed by atoms with Crippen LogP contribution in [0.2, 0.25) is 0 Å². The molecule has 0 spiro atoms. The molecule has 3 aromatic carbocycles. The van der Waals surface area contributed by atoms with Crippen LogP contribution >= 0.6 is 0 Å². The molecule has 2 unspecified atom stereocenters. The van der Waals surface area contributed by atoms with E-state index in [-0.39, 0.29) is 12.0 Å². The SMILES string of the molecule is O=C1C(c2ccccc2)=CC2CN(C(c3ccccc3)c3ccccc3)CC12. The van der Waals surface area contributed by atoms with Crippen LogP contribution in [0.3, 0.4) is 0 Å². The van der Waals surface area contributed by atoms with E-state index in [1.165, 1.54) is 11.1 Å². The summed E-state index contributed by atoms with van der Waals surface area (Å²) >= 11 is 0. The lowest BCUT2D eigenvalue weighted by molar-refractivity contribution is -0.116. The number of fused-ring (bicyclic) bond motifs is 1. The molecule has 0 amide bonds. The molecule has 3 aromatic rings. The van der Waals surface area contributed by atoms with Crippen LogP contribution < -0.4 is 0 Å². The number of hydrogen-bond donors (Lipinski definition) is 0. The summed E-state index contributed by atoms with van der Waals surface area (Å²) in [6, 6.07) is 31.6. The van der Waals surface area contributed by atoms with Crippen molar-refractivity contribution >= 4 is 11.4 Å². The highest BCUT2D eigenvalue weighted by Gasteiger charge is 2.44. The van der Waals surface area contributed by atoms with Crippen molar-refractivity contribution in [3.63, 3.8) is 0 Å². The molecule has 0 bridgehead atoms. The van der Waals surface area contributed by atoms with Gasteiger partial charge in [0, 0.05) is 30.5 Å². The molecule has 1 aliphatic heterocycles. The maximum absolute atomic E-state index is 13.1. The normalized spacial score (nSPS) is 21.8. The van der Waals surface area contributed by atoms with Crippen LogP contribution in [-0.4, -0.2) is 23.8 Å². The standard InChI is InChI=1S/C26H23NO/c28-26-23(19-10-4-1-5-11-19)16-22-17-27(18-24(22)26)25(20-12-6-2-7-13-20)21-14-8-3-9-15-21/h1-16,22,24-25H,17-18H2. The number of carbonyl (C=O) groups is 1. The number of hydrogen-bond acceptors (Lipinski definition) is 2. The highest BCUT2D eigenvalue weighted by Crippen LogP contribution is 2.42. The average molecular weight is 365 g/mol. The van der Waals surface area contributed by atoms with E-state index >= 15 is 0 Å². The molecule has 2 atom stereocenters. The number of ketones is 1. The molecule has 2 aliphatic rings. The molecule has 1 heterocycles. The van der Waals surface area contributed by atoms with E-state index in [0.29, 0.717) is 11.7 Å². The fourth-order valence-electron chi connectivity index (χ4n) is 4.75. The lowest BCUT2D eigenvalue weighted by Crippen LogP contribution is -2.29. The van der Waals surface area contributed by atoms with Gasteiger partial charge in [-0.05, 0) is 16.7 Å². The second kappa shape index (κ2) is 7.21. The van der Waals surface area contributed by atoms with Gasteiger partial charge in [-0.1, -0.05) is 97.1 Å². The van der Waals surface area contributed by atoms with Gasteiger partial charge in [-0.2, -0.15) is 0 Å². The largest absolute Gasteiger partial charge is 0.294 e. The molecule has 1 saturated heterocycles. The Kier molecular flexibility index (Phi) is 4.42. The van der Waals surface area contributed by atoms with Crippen molar-refractivity contribution in [2.75, 3.05) is 13.1 Å². The van der Waals surface area contributed by atoms with Gasteiger partial charge >= 0.3 is 0 Å². The Labute approximate surface area is 166 Å². The second-order valence-corrected chi connectivity index (χ2v) is 7.76. The van der Waals surface area contributed by atoms with Crippen molar-refractivity contribution < 1.29 is 4.79 Å². The van der Waals surface area contributed by atoms with Crippen molar-refractivity contribution in [3.05, 3.63) is 114 Å². The molecule has 2 heteroatoms. The fourth-order valence-corrected chi connectivity index (χ4v) is 4.75. The number of benzene rings is 3. The molecule has 0 radical (unpaired) electrons. The Morgan fingerprint density at radius 1 is 0.714 bits per heavy atom. The average Bonchev–Trinajstić information content (AvgIpc) is 3.30. The van der Waals surface area contributed by atoms with Gasteiger partial charge in [0.05, 0.1) is 6.04 Å². The molecule has 2 nitrogen and oxygen atoms in total. The molecule has 5 rings (SSSR count). The van der Waals surface area contributed by atoms with Crippen LogP contribution in [0.15, 0.2) is 97.1 Å². The summed E-state index contributed by atoms with van der Waals surface area (Å²) in [5.74, 6) is 0.682. The number of allylic oxidation sites excluding steroid dienone is 1. The van der Waals surface area contributed by atoms with Crippen LogP contribution in [0.25, 0.3) is 5.57 Å². The van der Waals surface area contributed by atoms with Gasteiger partial charge < -0.3 is 0 Å². The Morgan fingerprint density at radius 2 is 1.25 bits per heavy atom. The van der Waals surface area contributed by atoms with Gasteiger partial charge in [-0.25, -0.2) is 0 Å². The van der Waals surface area contributed by atoms with Crippen LogP contribution in [-0.2, 0) is 4.79 Å². The fraction of sp³-hybridized carbons (Fsp3) is 0.192. The number of Topliss-reactive ketones (excluding diaryl/α,β-unsaturated/α-hetero) is 1. The molecule has 1 fully saturated rings. The van der Waals surface area contributed by atoms with Crippen LogP contribution in [0.1, 0.15) is 22.7 Å². The Bertz CT molecular complexity index is 955. The van der Waals surface area contributed by atoms with Gasteiger partial charge in [0.2, 0.25) is 0 Å². The molecule has 0 N–H and O–H groups in total. The van der Waals surface area contributed by atoms with Crippen molar-refractivity contribution in [2.45, 2.75) is 6.04 Å². The molecule has 0 aromatic heterocycles. The second-order valence-electron chi connectivity index (χ2n) is 7.76. The lowest BCUT2D eigenvalue weighted by Gasteiger charge is -2.29. The van der Waals surface area contributed by atoms with E-state index < -0.39 is 0 Å². The third kappa shape index (κ3) is 3.00. The lowest BCUT2D eigenvalue weighted by atomic mass is 9.96. The summed E-state index contributed by atoms with van der Waals surface area (Å²) in [6.07, 6.45) is 2.22. The first-order valence-corrected chi connectivity index (χ1v) is 9.96. The number of rotatable bonds is 4. The van der Waals surface area contributed by atoms with Crippen molar-refractivity contribution in [2.24, 2.45) is 11.8 Å². The van der Waals surface area contributed by atoms with E-state index in [2.05, 4.69) is 71.6 Å². The molecular formula is C26H23NO. The van der Waals surface area contributed by atoms with Gasteiger partial charge in [-0.3, -0.25) is 9.69 Å². The zero-order chi connectivity index (χ0) is 18.9. The monoisotopic (exact) mass is 365 g/mol. The molecule has 138 valence electrons. The van der Waals surface area contributed by atoms with E-state index in [0.717, 1.165) is 24.2 Å². The minimum Gasteiger partial charge on any atom is -0.294 e. The third-order valence-electron chi connectivity index (χ3n) is 6.06. The van der Waals surface area contributed by atoms with Crippen molar-refractivity contribution in [1.82, 2.24) is 4.90 Å². The molecule has 0 saturated carbocycles. The minimum absolute atomic E-state index is 0.0742. The molecule has 1 aliphatic carbocycles. The van der Waals surface area contributed by atoms with Gasteiger partial charge in [-0.15, -0.1) is 0 Å². The first-order chi connectivity index (χ1) is 13.8. The van der Waals surface area contributed by atoms with Crippen LogP contribution in [0.4, 0.5) is 0 Å². The zero-order valence-electron chi connectivity index (χ0n) is 15.7. The zero-order valence-corrected chi connectivity index (χ0v) is 15.7. The summed E-state index contributed by atoms with van der Waals surface area (Å²) in [7, 11) is 0. The molecule has 28 heavy (non-hydrogen) atoms. The summed E-state index contributed by atoms with van der Waals surface area (Å²) in [4.78, 5) is 15.6. The maximum Gasteiger partial charge on any atom is 0.168 e. The smallest absolute Gasteiger partial charge is 0.168 e. The van der Waals surface area contributed by atoms with Crippen LogP contribution in [0, 0.1) is 11.8 Å². The Hall–Kier alpha value is -2.97. The number of nitrogens with zero attached hydrogens (tertiary/aromatic N) is 1. The van der Waals surface area contributed by atoms with Crippen molar-refractivity contribution in [3.8, 4) is 0 Å². The number of carbonyl (C=O) groups excluding carboxylic acids is 1. The van der Waals surface area contributed by atoms with Gasteiger partial charge in [0.15, 0.2) is 5.78 Å². The summed E-state index contributed by atoms with van der Waals surface area (Å²) < 4.78 is 0. The van der Waals surface area contributed by atoms with Gasteiger partial charge in [0.25, 0.3) is 0 Å². The number of likely N-dealkylation sites (tertiary alicyclic amines) is 1. The predicted molar refractivity (Wildman–Crippen MR) is 113 cm³/mol. The summed E-state index contributed by atoms with van der Waals surface area (Å²) in [5, 5.41) is 0. The first kappa shape index (κ1) is 17.2. The topological polar surface area (TPSA) is 20.3 Å². The highest BCUT2D eigenvalue weighted by atomic mass is 16.1. The predicted octanol–water partition coefficient (Wildman–Crippen LogP) is 4.99. The third-order valence-corrected chi connectivity index (χ3v) is 6.06. The maximum atomic E-state index is 13.1. The van der Waals surface area contributed by atoms with E-state index in [1.54, 1.807) is 0 Å². The minimum atomic E-state index is 0.0742. The van der Waals surface area contributed by atoms with Crippen molar-refractivity contribution in [1.29, 1.82) is 0 Å². The highest BCUT2D eigenvalue weighted by molar-refractivity contribution is 6.24. The van der Waals surface area contributed by atoms with E-state index in [9.17, 15) is 4.79 Å². The molecular weight excluding hydrogens is 342 g/mol. The Balaban J connectivity index is 1.46. The summed E-state index contributed by atoms with van der Waals surface area (Å²) in [5.41, 5.74) is 4.53. The quantitative estimate of drug-likeness (QED) is 0.649.